The molecule has 108 valence electrons. The molecule has 0 saturated carbocycles. The molecule has 0 heterocycles. The van der Waals surface area contributed by atoms with Gasteiger partial charge in [0.1, 0.15) is 11.5 Å². The van der Waals surface area contributed by atoms with Gasteiger partial charge in [-0.2, -0.15) is 0 Å². The van der Waals surface area contributed by atoms with Crippen molar-refractivity contribution in [3.8, 4) is 11.5 Å². The summed E-state index contributed by atoms with van der Waals surface area (Å²) in [5.41, 5.74) is 1.74. The Bertz CT molecular complexity index is 554. The predicted octanol–water partition coefficient (Wildman–Crippen LogP) is 6.23. The second-order valence-corrected chi connectivity index (χ2v) is 6.52. The average molecular weight is 443 g/mol. The van der Waals surface area contributed by atoms with Crippen LogP contribution in [0.4, 0.5) is 0 Å². The Balaban J connectivity index is 0.000000200. The Morgan fingerprint density at radius 1 is 0.900 bits per heavy atom. The molecule has 0 aromatic heterocycles. The summed E-state index contributed by atoms with van der Waals surface area (Å²) in [5, 5.41) is 19.6. The first-order chi connectivity index (χ1) is 9.23. The highest BCUT2D eigenvalue weighted by atomic mass is 79.9. The summed E-state index contributed by atoms with van der Waals surface area (Å²) >= 11 is 17.8. The molecule has 2 nitrogen and oxygen atoms in total. The molecule has 2 aromatic carbocycles. The quantitative estimate of drug-likeness (QED) is 0.507. The van der Waals surface area contributed by atoms with E-state index in [-0.39, 0.29) is 11.5 Å². The highest BCUT2D eigenvalue weighted by molar-refractivity contribution is 9.11. The summed E-state index contributed by atoms with van der Waals surface area (Å²) < 4.78 is 1.29. The molecule has 0 saturated heterocycles. The fraction of sp³-hybridized carbons (Fsp3) is 0.143. The number of benzene rings is 2. The number of aryl methyl sites for hydroxylation is 1. The van der Waals surface area contributed by atoms with Crippen molar-refractivity contribution in [2.75, 3.05) is 0 Å². The molecule has 0 atom stereocenters. The molecule has 0 radical (unpaired) electrons. The molecule has 0 unspecified atom stereocenters. The lowest BCUT2D eigenvalue weighted by molar-refractivity contribution is 0.471. The smallest absolute Gasteiger partial charge is 0.130 e. The Morgan fingerprint density at radius 2 is 1.50 bits per heavy atom. The summed E-state index contributed by atoms with van der Waals surface area (Å²) in [4.78, 5) is 0. The number of halogens is 4. The molecule has 0 bridgehead atoms. The van der Waals surface area contributed by atoms with E-state index in [1.165, 1.54) is 0 Å². The Hall–Kier alpha value is -0.420. The highest BCUT2D eigenvalue weighted by Gasteiger charge is 2.03. The van der Waals surface area contributed by atoms with E-state index in [1.54, 1.807) is 24.3 Å². The molecule has 2 N–H and O–H groups in total. The zero-order valence-electron chi connectivity index (χ0n) is 10.7. The van der Waals surface area contributed by atoms with Crippen LogP contribution in [0.2, 0.25) is 10.0 Å². The maximum absolute atomic E-state index is 9.12. The molecule has 2 rings (SSSR count). The molecule has 0 aliphatic heterocycles. The van der Waals surface area contributed by atoms with Crippen LogP contribution in [-0.2, 0) is 0 Å². The molecule has 0 spiro atoms. The lowest BCUT2D eigenvalue weighted by Crippen LogP contribution is -1.77. The van der Waals surface area contributed by atoms with Gasteiger partial charge in [0, 0.05) is 10.0 Å². The normalized spacial score (nSPS) is 9.90. The molecule has 0 aliphatic rings. The zero-order chi connectivity index (χ0) is 15.4. The fourth-order valence-corrected chi connectivity index (χ4v) is 2.55. The van der Waals surface area contributed by atoms with E-state index in [4.69, 9.17) is 33.4 Å². The topological polar surface area (TPSA) is 40.5 Å². The third-order valence-electron chi connectivity index (χ3n) is 2.53. The average Bonchev–Trinajstić information content (AvgIpc) is 2.39. The van der Waals surface area contributed by atoms with Crippen LogP contribution in [0.3, 0.4) is 0 Å². The van der Waals surface area contributed by atoms with Gasteiger partial charge >= 0.3 is 0 Å². The first-order valence-electron chi connectivity index (χ1n) is 5.52. The molecule has 20 heavy (non-hydrogen) atoms. The van der Waals surface area contributed by atoms with Crippen LogP contribution in [0.25, 0.3) is 0 Å². The molecule has 0 aliphatic carbocycles. The van der Waals surface area contributed by atoms with E-state index in [0.29, 0.717) is 19.0 Å². The highest BCUT2D eigenvalue weighted by Crippen LogP contribution is 2.31. The summed E-state index contributed by atoms with van der Waals surface area (Å²) in [6.07, 6.45) is 0. The molecular weight excluding hydrogens is 431 g/mol. The van der Waals surface area contributed by atoms with Gasteiger partial charge in [0.15, 0.2) is 0 Å². The number of aromatic hydroxyl groups is 2. The van der Waals surface area contributed by atoms with Gasteiger partial charge < -0.3 is 10.2 Å². The zero-order valence-corrected chi connectivity index (χ0v) is 15.4. The monoisotopic (exact) mass is 440 g/mol. The summed E-state index contributed by atoms with van der Waals surface area (Å²) in [7, 11) is 0. The number of hydrogen-bond acceptors (Lipinski definition) is 2. The van der Waals surface area contributed by atoms with Crippen LogP contribution in [0.15, 0.2) is 33.2 Å². The first kappa shape index (κ1) is 17.6. The van der Waals surface area contributed by atoms with Crippen LogP contribution < -0.4 is 0 Å². The minimum atomic E-state index is 0.224. The van der Waals surface area contributed by atoms with Crippen molar-refractivity contribution in [1.29, 1.82) is 0 Å². The summed E-state index contributed by atoms with van der Waals surface area (Å²) in [6.45, 7) is 3.68. The molecular formula is C14H12Br2Cl2O2. The van der Waals surface area contributed by atoms with E-state index >= 15 is 0 Å². The van der Waals surface area contributed by atoms with Gasteiger partial charge in [-0.15, -0.1) is 0 Å². The van der Waals surface area contributed by atoms with Gasteiger partial charge in [-0.3, -0.25) is 0 Å². The number of rotatable bonds is 0. The maximum Gasteiger partial charge on any atom is 0.130 e. The molecule has 0 fully saturated rings. The third-order valence-corrected chi connectivity index (χ3v) is 4.98. The van der Waals surface area contributed by atoms with E-state index in [0.717, 1.165) is 11.1 Å². The van der Waals surface area contributed by atoms with Gasteiger partial charge in [-0.25, -0.2) is 0 Å². The van der Waals surface area contributed by atoms with Gasteiger partial charge in [0.25, 0.3) is 0 Å². The lowest BCUT2D eigenvalue weighted by Gasteiger charge is -2.01. The largest absolute Gasteiger partial charge is 0.507 e. The van der Waals surface area contributed by atoms with Crippen LogP contribution >= 0.6 is 55.1 Å². The van der Waals surface area contributed by atoms with E-state index in [2.05, 4.69) is 31.9 Å². The molecule has 0 amide bonds. The second kappa shape index (κ2) is 7.55. The van der Waals surface area contributed by atoms with Crippen LogP contribution in [0.1, 0.15) is 11.1 Å². The Kier molecular flexibility index (Phi) is 6.65. The standard InChI is InChI=1S/2C7H6BrClO/c1-4-2-7(10)5(8)3-6(4)9;1-4-5(9)2-3-6(10)7(4)8/h2*2-3,10H,1H3. The Labute approximate surface area is 144 Å². The van der Waals surface area contributed by atoms with Gasteiger partial charge in [-0.05, 0) is 81.1 Å². The van der Waals surface area contributed by atoms with E-state index in [9.17, 15) is 0 Å². The predicted molar refractivity (Wildman–Crippen MR) is 91.1 cm³/mol. The van der Waals surface area contributed by atoms with Crippen LogP contribution in [-0.4, -0.2) is 10.2 Å². The van der Waals surface area contributed by atoms with Crippen molar-refractivity contribution < 1.29 is 10.2 Å². The van der Waals surface area contributed by atoms with Crippen molar-refractivity contribution in [2.24, 2.45) is 0 Å². The van der Waals surface area contributed by atoms with Crippen molar-refractivity contribution in [2.45, 2.75) is 13.8 Å². The second-order valence-electron chi connectivity index (χ2n) is 4.06. The number of phenols is 2. The summed E-state index contributed by atoms with van der Waals surface area (Å²) in [6, 6.07) is 6.51. The fourth-order valence-electron chi connectivity index (χ4n) is 1.29. The van der Waals surface area contributed by atoms with Crippen molar-refractivity contribution in [3.63, 3.8) is 0 Å². The maximum atomic E-state index is 9.12. The van der Waals surface area contributed by atoms with Crippen molar-refractivity contribution >= 4 is 55.1 Å². The number of hydrogen-bond donors (Lipinski definition) is 2. The number of phenolic OH excluding ortho intramolecular Hbond substituents is 2. The van der Waals surface area contributed by atoms with Crippen LogP contribution in [0.5, 0.6) is 11.5 Å². The van der Waals surface area contributed by atoms with Gasteiger partial charge in [-0.1, -0.05) is 23.2 Å². The first-order valence-corrected chi connectivity index (χ1v) is 7.86. The van der Waals surface area contributed by atoms with Crippen LogP contribution in [0, 0.1) is 13.8 Å². The Morgan fingerprint density at radius 3 is 2.00 bits per heavy atom. The minimum Gasteiger partial charge on any atom is -0.507 e. The SMILES string of the molecule is Cc1c(Cl)ccc(O)c1Br.Cc1cc(O)c(Br)cc1Cl. The molecule has 6 heteroatoms. The van der Waals surface area contributed by atoms with Crippen molar-refractivity contribution in [1.82, 2.24) is 0 Å². The lowest BCUT2D eigenvalue weighted by atomic mass is 10.2. The van der Waals surface area contributed by atoms with Crippen molar-refractivity contribution in [3.05, 3.63) is 54.4 Å². The van der Waals surface area contributed by atoms with E-state index < -0.39 is 0 Å². The van der Waals surface area contributed by atoms with Gasteiger partial charge in [0.05, 0.1) is 8.95 Å². The summed E-state index contributed by atoms with van der Waals surface area (Å²) in [5.74, 6) is 0.448. The van der Waals surface area contributed by atoms with E-state index in [1.807, 2.05) is 13.8 Å². The molecule has 2 aromatic rings. The third kappa shape index (κ3) is 4.55. The minimum absolute atomic E-state index is 0.224. The van der Waals surface area contributed by atoms with Gasteiger partial charge in [0.2, 0.25) is 0 Å².